The van der Waals surface area contributed by atoms with Crippen LogP contribution in [0.3, 0.4) is 0 Å². The molecule has 1 aliphatic rings. The molecule has 132 valence electrons. The van der Waals surface area contributed by atoms with Gasteiger partial charge in [0, 0.05) is 23.7 Å². The summed E-state index contributed by atoms with van der Waals surface area (Å²) < 4.78 is 10.1. The standard InChI is InChI=1S/C17H24N2O4S/c1-12-16(18-7-8-23-12)17(21)19-14-5-3-4-13(10-14)11-24-9-6-15(20)22-2/h3-5,10,12,16,18H,6-9,11H2,1-2H3,(H,19,21)/t12-,16+/m1/s1. The summed E-state index contributed by atoms with van der Waals surface area (Å²) in [6.07, 6.45) is 0.263. The van der Waals surface area contributed by atoms with E-state index in [1.165, 1.54) is 7.11 Å². The van der Waals surface area contributed by atoms with E-state index in [2.05, 4.69) is 15.4 Å². The van der Waals surface area contributed by atoms with Crippen LogP contribution in [0.2, 0.25) is 0 Å². The normalized spacial score (nSPS) is 20.4. The number of methoxy groups -OCH3 is 1. The number of carbonyl (C=O) groups is 2. The Labute approximate surface area is 146 Å². The van der Waals surface area contributed by atoms with Crippen LogP contribution in [0, 0.1) is 0 Å². The summed E-state index contributed by atoms with van der Waals surface area (Å²) in [5.74, 6) is 1.21. The van der Waals surface area contributed by atoms with Crippen LogP contribution in [0.25, 0.3) is 0 Å². The number of nitrogens with one attached hydrogen (secondary N) is 2. The number of esters is 1. The first kappa shape index (κ1) is 18.8. The molecule has 2 rings (SSSR count). The number of carbonyl (C=O) groups excluding carboxylic acids is 2. The van der Waals surface area contributed by atoms with Gasteiger partial charge in [-0.15, -0.1) is 0 Å². The van der Waals surface area contributed by atoms with Gasteiger partial charge >= 0.3 is 5.97 Å². The minimum Gasteiger partial charge on any atom is -0.469 e. The second-order valence-corrected chi connectivity index (χ2v) is 6.68. The molecular formula is C17H24N2O4S. The first-order valence-electron chi connectivity index (χ1n) is 7.99. The van der Waals surface area contributed by atoms with Crippen molar-refractivity contribution in [2.75, 3.05) is 31.3 Å². The highest BCUT2D eigenvalue weighted by molar-refractivity contribution is 7.98. The number of hydrogen-bond donors (Lipinski definition) is 2. The van der Waals surface area contributed by atoms with Gasteiger partial charge < -0.3 is 20.1 Å². The SMILES string of the molecule is COC(=O)CCSCc1cccc(NC(=O)[C@H]2NCCO[C@@H]2C)c1. The van der Waals surface area contributed by atoms with Crippen LogP contribution < -0.4 is 10.6 Å². The highest BCUT2D eigenvalue weighted by Gasteiger charge is 2.28. The summed E-state index contributed by atoms with van der Waals surface area (Å²) >= 11 is 1.66. The maximum absolute atomic E-state index is 12.3. The van der Waals surface area contributed by atoms with E-state index in [9.17, 15) is 9.59 Å². The number of ether oxygens (including phenoxy) is 2. The zero-order valence-electron chi connectivity index (χ0n) is 14.0. The summed E-state index contributed by atoms with van der Waals surface area (Å²) in [6.45, 7) is 3.20. The zero-order chi connectivity index (χ0) is 17.4. The van der Waals surface area contributed by atoms with Crippen molar-refractivity contribution in [1.29, 1.82) is 0 Å². The van der Waals surface area contributed by atoms with Gasteiger partial charge in [0.05, 0.1) is 26.2 Å². The fourth-order valence-electron chi connectivity index (χ4n) is 2.43. The van der Waals surface area contributed by atoms with Gasteiger partial charge in [-0.1, -0.05) is 12.1 Å². The minimum atomic E-state index is -0.336. The van der Waals surface area contributed by atoms with E-state index in [-0.39, 0.29) is 24.0 Å². The molecule has 0 aromatic heterocycles. The van der Waals surface area contributed by atoms with Crippen LogP contribution in [0.5, 0.6) is 0 Å². The molecule has 1 saturated heterocycles. The Morgan fingerprint density at radius 2 is 2.29 bits per heavy atom. The number of morpholine rings is 1. The lowest BCUT2D eigenvalue weighted by Crippen LogP contribution is -2.53. The predicted molar refractivity (Wildman–Crippen MR) is 95.1 cm³/mol. The van der Waals surface area contributed by atoms with Gasteiger partial charge in [-0.2, -0.15) is 11.8 Å². The Morgan fingerprint density at radius 3 is 3.04 bits per heavy atom. The topological polar surface area (TPSA) is 76.7 Å². The van der Waals surface area contributed by atoms with E-state index >= 15 is 0 Å². The van der Waals surface area contributed by atoms with Crippen molar-refractivity contribution in [3.63, 3.8) is 0 Å². The van der Waals surface area contributed by atoms with Crippen LogP contribution >= 0.6 is 11.8 Å². The molecule has 7 heteroatoms. The van der Waals surface area contributed by atoms with Crippen LogP contribution in [-0.4, -0.2) is 50.0 Å². The van der Waals surface area contributed by atoms with Crippen molar-refractivity contribution in [1.82, 2.24) is 5.32 Å². The van der Waals surface area contributed by atoms with Crippen molar-refractivity contribution >= 4 is 29.3 Å². The van der Waals surface area contributed by atoms with Gasteiger partial charge in [0.15, 0.2) is 0 Å². The Kier molecular flexibility index (Phi) is 7.55. The van der Waals surface area contributed by atoms with Gasteiger partial charge in [0.25, 0.3) is 0 Å². The van der Waals surface area contributed by atoms with Gasteiger partial charge in [-0.3, -0.25) is 9.59 Å². The molecule has 0 spiro atoms. The summed E-state index contributed by atoms with van der Waals surface area (Å²) in [4.78, 5) is 23.4. The zero-order valence-corrected chi connectivity index (χ0v) is 14.9. The van der Waals surface area contributed by atoms with E-state index in [1.807, 2.05) is 31.2 Å². The molecule has 0 unspecified atom stereocenters. The Balaban J connectivity index is 1.83. The van der Waals surface area contributed by atoms with Crippen LogP contribution in [0.1, 0.15) is 18.9 Å². The molecule has 2 N–H and O–H groups in total. The van der Waals surface area contributed by atoms with Gasteiger partial charge in [0.2, 0.25) is 5.91 Å². The number of rotatable bonds is 7. The molecule has 1 aromatic carbocycles. The van der Waals surface area contributed by atoms with E-state index in [0.717, 1.165) is 17.0 Å². The summed E-state index contributed by atoms with van der Waals surface area (Å²) in [5.41, 5.74) is 1.87. The highest BCUT2D eigenvalue weighted by Crippen LogP contribution is 2.18. The van der Waals surface area contributed by atoms with Crippen molar-refractivity contribution in [3.8, 4) is 0 Å². The largest absolute Gasteiger partial charge is 0.469 e. The number of benzene rings is 1. The average Bonchev–Trinajstić information content (AvgIpc) is 2.59. The van der Waals surface area contributed by atoms with Crippen molar-refractivity contribution in [2.24, 2.45) is 0 Å². The van der Waals surface area contributed by atoms with E-state index < -0.39 is 0 Å². The molecule has 0 bridgehead atoms. The van der Waals surface area contributed by atoms with E-state index in [4.69, 9.17) is 4.74 Å². The number of hydrogen-bond acceptors (Lipinski definition) is 6. The second-order valence-electron chi connectivity index (χ2n) is 5.58. The lowest BCUT2D eigenvalue weighted by molar-refractivity contribution is -0.140. The summed E-state index contributed by atoms with van der Waals surface area (Å²) in [7, 11) is 1.40. The van der Waals surface area contributed by atoms with Crippen LogP contribution in [0.4, 0.5) is 5.69 Å². The van der Waals surface area contributed by atoms with E-state index in [0.29, 0.717) is 25.3 Å². The molecule has 0 aliphatic carbocycles. The third kappa shape index (κ3) is 5.81. The van der Waals surface area contributed by atoms with Crippen molar-refractivity contribution in [2.45, 2.75) is 31.2 Å². The molecule has 1 aromatic rings. The van der Waals surface area contributed by atoms with Crippen LogP contribution in [-0.2, 0) is 24.8 Å². The molecule has 1 amide bonds. The average molecular weight is 352 g/mol. The minimum absolute atomic E-state index is 0.0855. The molecule has 1 aliphatic heterocycles. The molecule has 0 radical (unpaired) electrons. The second kappa shape index (κ2) is 9.66. The quantitative estimate of drug-likeness (QED) is 0.576. The lowest BCUT2D eigenvalue weighted by Gasteiger charge is -2.29. The summed E-state index contributed by atoms with van der Waals surface area (Å²) in [6, 6.07) is 7.41. The lowest BCUT2D eigenvalue weighted by atomic mass is 10.1. The smallest absolute Gasteiger partial charge is 0.306 e. The third-order valence-corrected chi connectivity index (χ3v) is 4.77. The Bertz CT molecular complexity index is 567. The first-order valence-corrected chi connectivity index (χ1v) is 9.15. The fourth-order valence-corrected chi connectivity index (χ4v) is 3.30. The molecule has 0 saturated carbocycles. The number of amides is 1. The van der Waals surface area contributed by atoms with Gasteiger partial charge in [-0.25, -0.2) is 0 Å². The number of anilines is 1. The third-order valence-electron chi connectivity index (χ3n) is 3.74. The van der Waals surface area contributed by atoms with Crippen molar-refractivity contribution in [3.05, 3.63) is 29.8 Å². The monoisotopic (exact) mass is 352 g/mol. The van der Waals surface area contributed by atoms with Crippen LogP contribution in [0.15, 0.2) is 24.3 Å². The Morgan fingerprint density at radius 1 is 1.46 bits per heavy atom. The maximum atomic E-state index is 12.3. The molecule has 24 heavy (non-hydrogen) atoms. The highest BCUT2D eigenvalue weighted by atomic mass is 32.2. The van der Waals surface area contributed by atoms with Crippen molar-refractivity contribution < 1.29 is 19.1 Å². The molecular weight excluding hydrogens is 328 g/mol. The molecule has 6 nitrogen and oxygen atoms in total. The predicted octanol–water partition coefficient (Wildman–Crippen LogP) is 1.80. The molecule has 1 fully saturated rings. The first-order chi connectivity index (χ1) is 11.6. The van der Waals surface area contributed by atoms with Gasteiger partial charge in [0.1, 0.15) is 6.04 Å². The number of thioether (sulfide) groups is 1. The van der Waals surface area contributed by atoms with E-state index in [1.54, 1.807) is 11.8 Å². The van der Waals surface area contributed by atoms with Gasteiger partial charge in [-0.05, 0) is 24.6 Å². The fraction of sp³-hybridized carbons (Fsp3) is 0.529. The summed E-state index contributed by atoms with van der Waals surface area (Å²) in [5, 5.41) is 6.11. The molecule has 2 atom stereocenters. The molecule has 1 heterocycles. The Hall–Kier alpha value is -1.57. The maximum Gasteiger partial charge on any atom is 0.306 e.